The molecule has 0 saturated carbocycles. The number of hydrogen-bond acceptors (Lipinski definition) is 4. The molecule has 0 fully saturated rings. The summed E-state index contributed by atoms with van der Waals surface area (Å²) in [4.78, 5) is 18.9. The second-order valence-electron chi connectivity index (χ2n) is 3.76. The van der Waals surface area contributed by atoms with E-state index < -0.39 is 17.4 Å². The molecule has 1 atom stereocenters. The highest BCUT2D eigenvalue weighted by molar-refractivity contribution is 9.10. The molecule has 1 aromatic heterocycles. The second-order valence-corrected chi connectivity index (χ2v) is 4.68. The summed E-state index contributed by atoms with van der Waals surface area (Å²) in [6, 6.07) is -1.03. The zero-order valence-electron chi connectivity index (χ0n) is 8.44. The van der Waals surface area contributed by atoms with Crippen LogP contribution in [0.4, 0.5) is 0 Å². The smallest absolute Gasteiger partial charge is 0.321 e. The number of rotatable bonds is 3. The third kappa shape index (κ3) is 2.51. The van der Waals surface area contributed by atoms with E-state index in [1.807, 2.05) is 0 Å². The lowest BCUT2D eigenvalue weighted by atomic mass is 9.84. The molecule has 0 radical (unpaired) electrons. The minimum atomic E-state index is -1.06. The predicted molar refractivity (Wildman–Crippen MR) is 58.4 cm³/mol. The summed E-state index contributed by atoms with van der Waals surface area (Å²) >= 11 is 3.21. The summed E-state index contributed by atoms with van der Waals surface area (Å²) < 4.78 is 0.742. The van der Waals surface area contributed by atoms with Crippen LogP contribution in [0.3, 0.4) is 0 Å². The van der Waals surface area contributed by atoms with Gasteiger partial charge in [0.25, 0.3) is 0 Å². The van der Waals surface area contributed by atoms with E-state index in [1.165, 1.54) is 0 Å². The summed E-state index contributed by atoms with van der Waals surface area (Å²) in [6.07, 6.45) is 3.14. The molecule has 1 unspecified atom stereocenters. The number of aromatic nitrogens is 2. The number of nitrogens with zero attached hydrogens (tertiary/aromatic N) is 2. The predicted octanol–water partition coefficient (Wildman–Crippen LogP) is 0.929. The van der Waals surface area contributed by atoms with Crippen molar-refractivity contribution in [1.82, 2.24) is 9.97 Å². The van der Waals surface area contributed by atoms with Crippen molar-refractivity contribution in [2.45, 2.75) is 25.3 Å². The van der Waals surface area contributed by atoms with Gasteiger partial charge in [-0.15, -0.1) is 0 Å². The van der Waals surface area contributed by atoms with Crippen LogP contribution in [-0.2, 0) is 10.2 Å². The molecule has 5 nitrogen and oxygen atoms in total. The Hall–Kier alpha value is -1.01. The Bertz CT molecular complexity index is 364. The van der Waals surface area contributed by atoms with Gasteiger partial charge in [-0.05, 0) is 15.9 Å². The second kappa shape index (κ2) is 4.24. The van der Waals surface area contributed by atoms with Gasteiger partial charge in [-0.1, -0.05) is 13.8 Å². The molecule has 0 aromatic carbocycles. The Morgan fingerprint density at radius 3 is 2.40 bits per heavy atom. The van der Waals surface area contributed by atoms with Gasteiger partial charge in [-0.3, -0.25) is 4.79 Å². The van der Waals surface area contributed by atoms with Gasteiger partial charge in [0.1, 0.15) is 11.9 Å². The van der Waals surface area contributed by atoms with E-state index >= 15 is 0 Å². The zero-order valence-corrected chi connectivity index (χ0v) is 10.0. The van der Waals surface area contributed by atoms with Crippen LogP contribution >= 0.6 is 15.9 Å². The highest BCUT2D eigenvalue weighted by Crippen LogP contribution is 2.23. The SMILES string of the molecule is CC(C)(c1ncc(Br)cn1)C(N)C(=O)O. The average molecular weight is 274 g/mol. The maximum absolute atomic E-state index is 10.8. The van der Waals surface area contributed by atoms with E-state index in [0.717, 1.165) is 4.47 Å². The van der Waals surface area contributed by atoms with Gasteiger partial charge in [-0.25, -0.2) is 9.97 Å². The minimum Gasteiger partial charge on any atom is -0.480 e. The van der Waals surface area contributed by atoms with Gasteiger partial charge in [0.2, 0.25) is 0 Å². The molecule has 0 amide bonds. The van der Waals surface area contributed by atoms with E-state index in [9.17, 15) is 4.79 Å². The van der Waals surface area contributed by atoms with Crippen molar-refractivity contribution in [3.8, 4) is 0 Å². The van der Waals surface area contributed by atoms with Crippen LogP contribution in [0.1, 0.15) is 19.7 Å². The topological polar surface area (TPSA) is 89.1 Å². The molecule has 6 heteroatoms. The molecule has 0 spiro atoms. The first kappa shape index (κ1) is 12.1. The number of carboxylic acids is 1. The van der Waals surface area contributed by atoms with Gasteiger partial charge < -0.3 is 10.8 Å². The number of halogens is 1. The van der Waals surface area contributed by atoms with E-state index in [0.29, 0.717) is 5.82 Å². The molecule has 3 N–H and O–H groups in total. The van der Waals surface area contributed by atoms with Crippen LogP contribution in [-0.4, -0.2) is 27.1 Å². The van der Waals surface area contributed by atoms with Crippen molar-refractivity contribution in [1.29, 1.82) is 0 Å². The lowest BCUT2D eigenvalue weighted by Gasteiger charge is -2.26. The molecule has 1 rings (SSSR count). The Kier molecular flexibility index (Phi) is 3.41. The van der Waals surface area contributed by atoms with Crippen LogP contribution < -0.4 is 5.73 Å². The number of hydrogen-bond donors (Lipinski definition) is 2. The Morgan fingerprint density at radius 1 is 1.53 bits per heavy atom. The van der Waals surface area contributed by atoms with Crippen molar-refractivity contribution in [3.05, 3.63) is 22.7 Å². The van der Waals surface area contributed by atoms with Crippen LogP contribution in [0.2, 0.25) is 0 Å². The van der Waals surface area contributed by atoms with Crippen LogP contribution in [0.15, 0.2) is 16.9 Å². The first-order chi connectivity index (χ1) is 6.85. The highest BCUT2D eigenvalue weighted by atomic mass is 79.9. The summed E-state index contributed by atoms with van der Waals surface area (Å²) in [6.45, 7) is 3.41. The van der Waals surface area contributed by atoms with Crippen molar-refractivity contribution in [2.24, 2.45) is 5.73 Å². The van der Waals surface area contributed by atoms with E-state index in [2.05, 4.69) is 25.9 Å². The van der Waals surface area contributed by atoms with Gasteiger partial charge in [0.15, 0.2) is 0 Å². The number of carbonyl (C=O) groups is 1. The monoisotopic (exact) mass is 273 g/mol. The first-order valence-corrected chi connectivity index (χ1v) is 5.11. The molecule has 0 aliphatic carbocycles. The molecule has 15 heavy (non-hydrogen) atoms. The lowest BCUT2D eigenvalue weighted by molar-refractivity contribution is -0.140. The molecule has 0 bridgehead atoms. The molecular formula is C9H12BrN3O2. The van der Waals surface area contributed by atoms with Gasteiger partial charge in [0, 0.05) is 12.4 Å². The summed E-state index contributed by atoms with van der Waals surface area (Å²) in [5, 5.41) is 8.84. The van der Waals surface area contributed by atoms with E-state index in [4.69, 9.17) is 10.8 Å². The highest BCUT2D eigenvalue weighted by Gasteiger charge is 2.36. The largest absolute Gasteiger partial charge is 0.480 e. The van der Waals surface area contributed by atoms with Crippen molar-refractivity contribution >= 4 is 21.9 Å². The quantitative estimate of drug-likeness (QED) is 0.855. The molecule has 1 aromatic rings. The fourth-order valence-corrected chi connectivity index (χ4v) is 1.30. The summed E-state index contributed by atoms with van der Waals surface area (Å²) in [5.74, 6) is -0.646. The van der Waals surface area contributed by atoms with Crippen molar-refractivity contribution < 1.29 is 9.90 Å². The van der Waals surface area contributed by atoms with Crippen LogP contribution in [0.5, 0.6) is 0 Å². The number of carboxylic acid groups (broad SMARTS) is 1. The summed E-state index contributed by atoms with van der Waals surface area (Å²) in [7, 11) is 0. The lowest BCUT2D eigenvalue weighted by Crippen LogP contribution is -2.47. The maximum atomic E-state index is 10.8. The summed E-state index contributed by atoms with van der Waals surface area (Å²) in [5.41, 5.74) is 4.77. The number of aliphatic carboxylic acids is 1. The zero-order chi connectivity index (χ0) is 11.6. The van der Waals surface area contributed by atoms with Crippen molar-refractivity contribution in [3.63, 3.8) is 0 Å². The van der Waals surface area contributed by atoms with Crippen LogP contribution in [0, 0.1) is 0 Å². The van der Waals surface area contributed by atoms with Crippen LogP contribution in [0.25, 0.3) is 0 Å². The van der Waals surface area contributed by atoms with Gasteiger partial charge in [-0.2, -0.15) is 0 Å². The average Bonchev–Trinajstić information content (AvgIpc) is 2.17. The third-order valence-electron chi connectivity index (χ3n) is 2.24. The molecule has 82 valence electrons. The fraction of sp³-hybridized carbons (Fsp3) is 0.444. The Balaban J connectivity index is 3.05. The molecular weight excluding hydrogens is 262 g/mol. The van der Waals surface area contributed by atoms with E-state index in [1.54, 1.807) is 26.2 Å². The Morgan fingerprint density at radius 2 is 2.00 bits per heavy atom. The normalized spacial score (nSPS) is 13.6. The number of nitrogens with two attached hydrogens (primary N) is 1. The maximum Gasteiger partial charge on any atom is 0.321 e. The third-order valence-corrected chi connectivity index (χ3v) is 2.65. The van der Waals surface area contributed by atoms with Gasteiger partial charge in [0.05, 0.1) is 9.89 Å². The minimum absolute atomic E-state index is 0.417. The molecule has 0 aliphatic rings. The molecule has 0 aliphatic heterocycles. The van der Waals surface area contributed by atoms with E-state index in [-0.39, 0.29) is 0 Å². The molecule has 0 saturated heterocycles. The molecule has 1 heterocycles. The van der Waals surface area contributed by atoms with Gasteiger partial charge >= 0.3 is 5.97 Å². The Labute approximate surface area is 95.9 Å². The first-order valence-electron chi connectivity index (χ1n) is 4.32. The van der Waals surface area contributed by atoms with Crippen molar-refractivity contribution in [2.75, 3.05) is 0 Å². The fourth-order valence-electron chi connectivity index (χ4n) is 1.09. The standard InChI is InChI=1S/C9H12BrN3O2/c1-9(2,6(11)7(14)15)8-12-3-5(10)4-13-8/h3-4,6H,11H2,1-2H3,(H,14,15).